The Morgan fingerprint density at radius 1 is 1.33 bits per heavy atom. The SMILES string of the molecule is CNCCC(=O)NC(C)c1cn(-c2ccccc2)nn1.Cl. The van der Waals surface area contributed by atoms with Gasteiger partial charge in [-0.3, -0.25) is 4.79 Å². The number of hydrogen-bond acceptors (Lipinski definition) is 4. The van der Waals surface area contributed by atoms with Gasteiger partial charge in [0.2, 0.25) is 5.91 Å². The monoisotopic (exact) mass is 309 g/mol. The lowest BCUT2D eigenvalue weighted by Crippen LogP contribution is -2.29. The van der Waals surface area contributed by atoms with Gasteiger partial charge in [0.1, 0.15) is 5.69 Å². The van der Waals surface area contributed by atoms with Crippen LogP contribution in [0, 0.1) is 0 Å². The summed E-state index contributed by atoms with van der Waals surface area (Å²) in [5, 5.41) is 14.0. The first-order valence-corrected chi connectivity index (χ1v) is 6.62. The highest BCUT2D eigenvalue weighted by molar-refractivity contribution is 5.85. The minimum Gasteiger partial charge on any atom is -0.348 e. The first-order chi connectivity index (χ1) is 9.70. The molecule has 0 aliphatic rings. The molecule has 0 saturated carbocycles. The Morgan fingerprint density at radius 3 is 2.71 bits per heavy atom. The van der Waals surface area contributed by atoms with E-state index < -0.39 is 0 Å². The highest BCUT2D eigenvalue weighted by atomic mass is 35.5. The second-order valence-corrected chi connectivity index (χ2v) is 4.57. The molecule has 0 fully saturated rings. The summed E-state index contributed by atoms with van der Waals surface area (Å²) in [6, 6.07) is 9.59. The van der Waals surface area contributed by atoms with Crippen LogP contribution >= 0.6 is 12.4 Å². The number of hydrogen-bond donors (Lipinski definition) is 2. The summed E-state index contributed by atoms with van der Waals surface area (Å²) in [6.07, 6.45) is 2.28. The third-order valence-electron chi connectivity index (χ3n) is 2.96. The summed E-state index contributed by atoms with van der Waals surface area (Å²) in [5.74, 6) is 0.00103. The molecule has 1 aromatic carbocycles. The van der Waals surface area contributed by atoms with E-state index in [1.54, 1.807) is 4.68 Å². The van der Waals surface area contributed by atoms with Crippen molar-refractivity contribution in [1.82, 2.24) is 25.6 Å². The van der Waals surface area contributed by atoms with Gasteiger partial charge in [0.25, 0.3) is 0 Å². The Kier molecular flexibility index (Phi) is 6.84. The van der Waals surface area contributed by atoms with Crippen LogP contribution in [0.1, 0.15) is 25.1 Å². The largest absolute Gasteiger partial charge is 0.348 e. The molecule has 0 saturated heterocycles. The Bertz CT molecular complexity index is 558. The van der Waals surface area contributed by atoms with Gasteiger partial charge < -0.3 is 10.6 Å². The summed E-state index contributed by atoms with van der Waals surface area (Å²) in [4.78, 5) is 11.7. The number of benzene rings is 1. The smallest absolute Gasteiger partial charge is 0.221 e. The molecule has 0 bridgehead atoms. The van der Waals surface area contributed by atoms with E-state index >= 15 is 0 Å². The average Bonchev–Trinajstić information content (AvgIpc) is 2.96. The zero-order valence-corrected chi connectivity index (χ0v) is 12.9. The van der Waals surface area contributed by atoms with Crippen LogP contribution in [0.3, 0.4) is 0 Å². The van der Waals surface area contributed by atoms with Crippen LogP contribution in [0.4, 0.5) is 0 Å². The maximum Gasteiger partial charge on any atom is 0.221 e. The molecule has 1 unspecified atom stereocenters. The fourth-order valence-corrected chi connectivity index (χ4v) is 1.81. The number of nitrogens with one attached hydrogen (secondary N) is 2. The number of amides is 1. The van der Waals surface area contributed by atoms with Gasteiger partial charge in [-0.25, -0.2) is 4.68 Å². The maximum atomic E-state index is 11.7. The van der Waals surface area contributed by atoms with E-state index in [1.165, 1.54) is 0 Å². The van der Waals surface area contributed by atoms with Crippen molar-refractivity contribution in [3.8, 4) is 5.69 Å². The molecule has 6 nitrogen and oxygen atoms in total. The summed E-state index contributed by atoms with van der Waals surface area (Å²) in [5.41, 5.74) is 1.69. The van der Waals surface area contributed by atoms with Crippen molar-refractivity contribution in [1.29, 1.82) is 0 Å². The van der Waals surface area contributed by atoms with E-state index in [9.17, 15) is 4.79 Å². The molecule has 0 aliphatic heterocycles. The standard InChI is InChI=1S/C14H19N5O.ClH/c1-11(16-14(20)8-9-15-2)13-10-19(18-17-13)12-6-4-3-5-7-12;/h3-7,10-11,15H,8-9H2,1-2H3,(H,16,20);1H. The highest BCUT2D eigenvalue weighted by Crippen LogP contribution is 2.11. The van der Waals surface area contributed by atoms with Crippen LogP contribution in [0.15, 0.2) is 36.5 Å². The summed E-state index contributed by atoms with van der Waals surface area (Å²) < 4.78 is 1.70. The van der Waals surface area contributed by atoms with Gasteiger partial charge in [-0.15, -0.1) is 17.5 Å². The fourth-order valence-electron chi connectivity index (χ4n) is 1.81. The second-order valence-electron chi connectivity index (χ2n) is 4.57. The van der Waals surface area contributed by atoms with E-state index in [2.05, 4.69) is 20.9 Å². The van der Waals surface area contributed by atoms with Gasteiger partial charge in [0.05, 0.1) is 17.9 Å². The van der Waals surface area contributed by atoms with E-state index in [1.807, 2.05) is 50.5 Å². The number of nitrogens with zero attached hydrogens (tertiary/aromatic N) is 3. The minimum atomic E-state index is -0.156. The van der Waals surface area contributed by atoms with Crippen molar-refractivity contribution in [3.63, 3.8) is 0 Å². The Hall–Kier alpha value is -1.92. The molecule has 7 heteroatoms. The molecule has 1 atom stereocenters. The van der Waals surface area contributed by atoms with Gasteiger partial charge in [-0.2, -0.15) is 0 Å². The van der Waals surface area contributed by atoms with E-state index in [4.69, 9.17) is 0 Å². The topological polar surface area (TPSA) is 71.8 Å². The molecule has 0 spiro atoms. The van der Waals surface area contributed by atoms with Crippen molar-refractivity contribution in [2.24, 2.45) is 0 Å². The second kappa shape index (κ2) is 8.39. The molecule has 0 radical (unpaired) electrons. The molecule has 2 aromatic rings. The van der Waals surface area contributed by atoms with Crippen LogP contribution in [0.2, 0.25) is 0 Å². The predicted molar refractivity (Wildman–Crippen MR) is 83.7 cm³/mol. The summed E-state index contributed by atoms with van der Waals surface area (Å²) >= 11 is 0. The molecule has 0 aliphatic carbocycles. The summed E-state index contributed by atoms with van der Waals surface area (Å²) in [7, 11) is 1.82. The lowest BCUT2D eigenvalue weighted by molar-refractivity contribution is -0.121. The first kappa shape index (κ1) is 17.1. The van der Waals surface area contributed by atoms with Crippen molar-refractivity contribution in [2.75, 3.05) is 13.6 Å². The van der Waals surface area contributed by atoms with Gasteiger partial charge in [0.15, 0.2) is 0 Å². The summed E-state index contributed by atoms with van der Waals surface area (Å²) in [6.45, 7) is 2.56. The predicted octanol–water partition coefficient (Wildman–Crippen LogP) is 1.48. The van der Waals surface area contributed by atoms with Crippen LogP contribution in [0.5, 0.6) is 0 Å². The number of carbonyl (C=O) groups is 1. The van der Waals surface area contributed by atoms with Crippen LogP contribution in [-0.2, 0) is 4.79 Å². The maximum absolute atomic E-state index is 11.7. The normalized spacial score (nSPS) is 11.5. The van der Waals surface area contributed by atoms with Crippen LogP contribution < -0.4 is 10.6 Å². The number of carbonyl (C=O) groups excluding carboxylic acids is 1. The minimum absolute atomic E-state index is 0. The number of aromatic nitrogens is 3. The van der Waals surface area contributed by atoms with E-state index in [-0.39, 0.29) is 24.4 Å². The van der Waals surface area contributed by atoms with Gasteiger partial charge in [-0.1, -0.05) is 23.4 Å². The molecule has 2 N–H and O–H groups in total. The van der Waals surface area contributed by atoms with E-state index in [0.717, 1.165) is 11.4 Å². The molecule has 2 rings (SSSR count). The molecule has 1 amide bonds. The van der Waals surface area contributed by atoms with Gasteiger partial charge >= 0.3 is 0 Å². The molecule has 114 valence electrons. The zero-order valence-electron chi connectivity index (χ0n) is 12.1. The van der Waals surface area contributed by atoms with Crippen LogP contribution in [0.25, 0.3) is 5.69 Å². The molecular weight excluding hydrogens is 290 g/mol. The lowest BCUT2D eigenvalue weighted by atomic mass is 10.2. The van der Waals surface area contributed by atoms with Crippen molar-refractivity contribution in [2.45, 2.75) is 19.4 Å². The quantitative estimate of drug-likeness (QED) is 0.848. The van der Waals surface area contributed by atoms with Gasteiger partial charge in [0, 0.05) is 13.0 Å². The fraction of sp³-hybridized carbons (Fsp3) is 0.357. The Morgan fingerprint density at radius 2 is 2.05 bits per heavy atom. The highest BCUT2D eigenvalue weighted by Gasteiger charge is 2.13. The lowest BCUT2D eigenvalue weighted by Gasteiger charge is -2.10. The number of para-hydroxylation sites is 1. The van der Waals surface area contributed by atoms with Gasteiger partial charge in [-0.05, 0) is 26.1 Å². The Labute approximate surface area is 130 Å². The molecule has 21 heavy (non-hydrogen) atoms. The third kappa shape index (κ3) is 4.84. The van der Waals surface area contributed by atoms with Crippen molar-refractivity contribution < 1.29 is 4.79 Å². The first-order valence-electron chi connectivity index (χ1n) is 6.62. The number of halogens is 1. The molecule has 1 aromatic heterocycles. The molecular formula is C14H20ClN5O. The molecule has 1 heterocycles. The zero-order chi connectivity index (χ0) is 14.4. The van der Waals surface area contributed by atoms with Crippen LogP contribution in [-0.4, -0.2) is 34.5 Å². The average molecular weight is 310 g/mol. The third-order valence-corrected chi connectivity index (χ3v) is 2.96. The van der Waals surface area contributed by atoms with Crippen molar-refractivity contribution in [3.05, 3.63) is 42.2 Å². The van der Waals surface area contributed by atoms with Crippen molar-refractivity contribution >= 4 is 18.3 Å². The van der Waals surface area contributed by atoms with E-state index in [0.29, 0.717) is 13.0 Å². The Balaban J connectivity index is 0.00000220. The number of rotatable bonds is 6.